The van der Waals surface area contributed by atoms with Gasteiger partial charge in [0.25, 0.3) is 0 Å². The van der Waals surface area contributed by atoms with E-state index in [1.165, 1.54) is 0 Å². The lowest BCUT2D eigenvalue weighted by Crippen LogP contribution is -2.16. The van der Waals surface area contributed by atoms with Gasteiger partial charge in [-0.05, 0) is 19.3 Å². The van der Waals surface area contributed by atoms with Crippen LogP contribution in [-0.4, -0.2) is 26.6 Å². The summed E-state index contributed by atoms with van der Waals surface area (Å²) in [4.78, 5) is 0. The molecule has 0 saturated heterocycles. The number of hydrogen-bond donors (Lipinski definition) is 0. The molecule has 1 radical (unpaired) electrons. The van der Waals surface area contributed by atoms with E-state index < -0.39 is 0 Å². The second-order valence-electron chi connectivity index (χ2n) is 2.43. The highest BCUT2D eigenvalue weighted by molar-refractivity contribution is 4.45. The van der Waals surface area contributed by atoms with E-state index in [9.17, 15) is 0 Å². The van der Waals surface area contributed by atoms with Crippen molar-refractivity contribution in [3.63, 3.8) is 0 Å². The van der Waals surface area contributed by atoms with Crippen molar-refractivity contribution in [1.29, 1.82) is 0 Å². The van der Waals surface area contributed by atoms with E-state index >= 15 is 0 Å². The third kappa shape index (κ3) is 6.28. The van der Waals surface area contributed by atoms with Gasteiger partial charge in [-0.3, -0.25) is 5.73 Å². The minimum Gasteiger partial charge on any atom is -0.356 e. The minimum atomic E-state index is -0.0969. The first-order chi connectivity index (χ1) is 5.35. The molecule has 67 valence electrons. The summed E-state index contributed by atoms with van der Waals surface area (Å²) < 4.78 is 10.4. The van der Waals surface area contributed by atoms with E-state index in [4.69, 9.17) is 15.2 Å². The fourth-order valence-corrected chi connectivity index (χ4v) is 0.787. The monoisotopic (exact) mass is 160 g/mol. The lowest BCUT2D eigenvalue weighted by Gasteiger charge is -2.14. The first-order valence-corrected chi connectivity index (χ1v) is 4.14. The molecule has 0 aromatic heterocycles. The first-order valence-electron chi connectivity index (χ1n) is 4.14. The molecular formula is C8H18NO2. The molecule has 0 saturated carbocycles. The Morgan fingerprint density at radius 3 is 2.64 bits per heavy atom. The summed E-state index contributed by atoms with van der Waals surface area (Å²) in [5.41, 5.74) is 6.94. The molecule has 0 aromatic rings. The molecule has 0 spiro atoms. The summed E-state index contributed by atoms with van der Waals surface area (Å²) in [5, 5.41) is 0. The van der Waals surface area contributed by atoms with E-state index in [1.54, 1.807) is 7.11 Å². The lowest BCUT2D eigenvalue weighted by molar-refractivity contribution is -0.127. The number of ether oxygens (including phenoxy) is 2. The van der Waals surface area contributed by atoms with Gasteiger partial charge in [0, 0.05) is 20.3 Å². The van der Waals surface area contributed by atoms with Crippen LogP contribution in [0.2, 0.25) is 0 Å². The maximum Gasteiger partial charge on any atom is 0.157 e. The van der Waals surface area contributed by atoms with E-state index in [2.05, 4.69) is 6.92 Å². The van der Waals surface area contributed by atoms with Crippen molar-refractivity contribution in [1.82, 2.24) is 5.73 Å². The molecule has 3 nitrogen and oxygen atoms in total. The van der Waals surface area contributed by atoms with Gasteiger partial charge in [-0.2, -0.15) is 0 Å². The van der Waals surface area contributed by atoms with Crippen molar-refractivity contribution in [2.45, 2.75) is 32.5 Å². The fraction of sp³-hybridized carbons (Fsp3) is 1.00. The molecule has 0 aliphatic rings. The van der Waals surface area contributed by atoms with Crippen LogP contribution in [0.1, 0.15) is 26.2 Å². The van der Waals surface area contributed by atoms with Crippen LogP contribution in [0, 0.1) is 0 Å². The average Bonchev–Trinajstić information content (AvgIpc) is 2.05. The molecule has 0 bridgehead atoms. The maximum atomic E-state index is 6.94. The SMILES string of the molecule is CCCOC(CCC[NH])OC. The Bertz CT molecular complexity index is 70.5. The standard InChI is InChI=1S/C8H18NO2/c1-3-7-11-8(10-2)5-4-6-9/h8-9H,3-7H2,1-2H3. The normalized spacial score (nSPS) is 13.4. The van der Waals surface area contributed by atoms with Crippen LogP contribution in [0.15, 0.2) is 0 Å². The Hall–Kier alpha value is -0.120. The van der Waals surface area contributed by atoms with Gasteiger partial charge < -0.3 is 9.47 Å². The highest BCUT2D eigenvalue weighted by Crippen LogP contribution is 2.02. The minimum absolute atomic E-state index is 0.0969. The summed E-state index contributed by atoms with van der Waals surface area (Å²) in [6.07, 6.45) is 2.60. The maximum absolute atomic E-state index is 6.94. The topological polar surface area (TPSA) is 42.3 Å². The van der Waals surface area contributed by atoms with Gasteiger partial charge >= 0.3 is 0 Å². The number of hydrogen-bond acceptors (Lipinski definition) is 2. The van der Waals surface area contributed by atoms with Gasteiger partial charge in [0.05, 0.1) is 0 Å². The summed E-state index contributed by atoms with van der Waals surface area (Å²) in [6.45, 7) is 3.27. The number of methoxy groups -OCH3 is 1. The summed E-state index contributed by atoms with van der Waals surface area (Å²) >= 11 is 0. The Labute approximate surface area is 68.9 Å². The molecule has 0 aliphatic carbocycles. The molecule has 0 aliphatic heterocycles. The Morgan fingerprint density at radius 1 is 1.45 bits per heavy atom. The van der Waals surface area contributed by atoms with Gasteiger partial charge in [0.15, 0.2) is 6.29 Å². The summed E-state index contributed by atoms with van der Waals surface area (Å²) in [7, 11) is 1.64. The van der Waals surface area contributed by atoms with Gasteiger partial charge in [-0.1, -0.05) is 6.92 Å². The van der Waals surface area contributed by atoms with Crippen molar-refractivity contribution in [3.05, 3.63) is 0 Å². The van der Waals surface area contributed by atoms with E-state index in [0.29, 0.717) is 6.54 Å². The second-order valence-corrected chi connectivity index (χ2v) is 2.43. The molecule has 3 heteroatoms. The van der Waals surface area contributed by atoms with Crippen molar-refractivity contribution >= 4 is 0 Å². The Kier molecular flexibility index (Phi) is 7.89. The largest absolute Gasteiger partial charge is 0.356 e. The molecule has 0 aromatic carbocycles. The second kappa shape index (κ2) is 7.98. The average molecular weight is 160 g/mol. The zero-order valence-electron chi connectivity index (χ0n) is 7.43. The molecular weight excluding hydrogens is 142 g/mol. The number of rotatable bonds is 7. The molecule has 0 heterocycles. The third-order valence-electron chi connectivity index (χ3n) is 1.39. The third-order valence-corrected chi connectivity index (χ3v) is 1.39. The van der Waals surface area contributed by atoms with Crippen LogP contribution in [0.3, 0.4) is 0 Å². The van der Waals surface area contributed by atoms with Crippen LogP contribution in [0.25, 0.3) is 0 Å². The van der Waals surface area contributed by atoms with Gasteiger partial charge in [0.2, 0.25) is 0 Å². The molecule has 11 heavy (non-hydrogen) atoms. The molecule has 0 fully saturated rings. The summed E-state index contributed by atoms with van der Waals surface area (Å²) in [6, 6.07) is 0. The van der Waals surface area contributed by atoms with Crippen LogP contribution in [-0.2, 0) is 9.47 Å². The van der Waals surface area contributed by atoms with Gasteiger partial charge in [-0.15, -0.1) is 0 Å². The zero-order chi connectivity index (χ0) is 8.53. The predicted octanol–water partition coefficient (Wildman–Crippen LogP) is 1.45. The van der Waals surface area contributed by atoms with E-state index in [1.807, 2.05) is 0 Å². The summed E-state index contributed by atoms with van der Waals surface area (Å²) in [5.74, 6) is 0. The Balaban J connectivity index is 3.25. The Morgan fingerprint density at radius 2 is 2.18 bits per heavy atom. The predicted molar refractivity (Wildman–Crippen MR) is 44.2 cm³/mol. The molecule has 1 atom stereocenters. The molecule has 0 rings (SSSR count). The van der Waals surface area contributed by atoms with Crippen LogP contribution < -0.4 is 5.73 Å². The van der Waals surface area contributed by atoms with Gasteiger partial charge in [-0.25, -0.2) is 0 Å². The van der Waals surface area contributed by atoms with Crippen molar-refractivity contribution in [3.8, 4) is 0 Å². The first kappa shape index (κ1) is 10.9. The van der Waals surface area contributed by atoms with Crippen molar-refractivity contribution in [2.75, 3.05) is 20.3 Å². The zero-order valence-corrected chi connectivity index (χ0v) is 7.43. The van der Waals surface area contributed by atoms with E-state index in [0.717, 1.165) is 25.9 Å². The van der Waals surface area contributed by atoms with Crippen LogP contribution in [0.4, 0.5) is 0 Å². The molecule has 1 unspecified atom stereocenters. The highest BCUT2D eigenvalue weighted by Gasteiger charge is 2.04. The number of nitrogens with one attached hydrogen (secondary N) is 1. The van der Waals surface area contributed by atoms with Crippen molar-refractivity contribution < 1.29 is 9.47 Å². The quantitative estimate of drug-likeness (QED) is 0.529. The fourth-order valence-electron chi connectivity index (χ4n) is 0.787. The van der Waals surface area contributed by atoms with Crippen LogP contribution in [0.5, 0.6) is 0 Å². The molecule has 0 amide bonds. The smallest absolute Gasteiger partial charge is 0.157 e. The van der Waals surface area contributed by atoms with E-state index in [-0.39, 0.29) is 6.29 Å². The molecule has 1 N–H and O–H groups in total. The van der Waals surface area contributed by atoms with Gasteiger partial charge in [0.1, 0.15) is 0 Å². The van der Waals surface area contributed by atoms with Crippen molar-refractivity contribution in [2.24, 2.45) is 0 Å². The lowest BCUT2D eigenvalue weighted by atomic mass is 10.3. The van der Waals surface area contributed by atoms with Crippen LogP contribution >= 0.6 is 0 Å². The highest BCUT2D eigenvalue weighted by atomic mass is 16.7.